The molecule has 0 heterocycles. The summed E-state index contributed by atoms with van der Waals surface area (Å²) in [6.07, 6.45) is 6.17. The summed E-state index contributed by atoms with van der Waals surface area (Å²) in [4.78, 5) is 11.3. The second kappa shape index (κ2) is 6.18. The lowest BCUT2D eigenvalue weighted by molar-refractivity contribution is -0.114. The molecule has 80 valence electrons. The molecule has 1 rings (SSSR count). The lowest BCUT2D eigenvalue weighted by atomic mass is 10.1. The van der Waals surface area contributed by atoms with Gasteiger partial charge in [0.15, 0.2) is 5.78 Å². The zero-order valence-electron chi connectivity index (χ0n) is 9.49. The van der Waals surface area contributed by atoms with Gasteiger partial charge in [-0.15, -0.1) is 0 Å². The fourth-order valence-corrected chi connectivity index (χ4v) is 1.38. The average molecular weight is 202 g/mol. The van der Waals surface area contributed by atoms with Crippen molar-refractivity contribution in [2.75, 3.05) is 0 Å². The molecule has 0 bridgehead atoms. The van der Waals surface area contributed by atoms with Gasteiger partial charge < -0.3 is 0 Å². The van der Waals surface area contributed by atoms with Crippen LogP contribution in [-0.2, 0) is 11.2 Å². The number of allylic oxidation sites excluding steroid dienone is 1. The number of carbonyl (C=O) groups excluding carboxylic acids is 1. The van der Waals surface area contributed by atoms with Crippen molar-refractivity contribution >= 4 is 11.9 Å². The van der Waals surface area contributed by atoms with Gasteiger partial charge in [0.05, 0.1) is 0 Å². The summed E-state index contributed by atoms with van der Waals surface area (Å²) in [6, 6.07) is 8.30. The second-order valence-electron chi connectivity index (χ2n) is 3.64. The van der Waals surface area contributed by atoms with E-state index in [1.165, 1.54) is 5.56 Å². The highest BCUT2D eigenvalue weighted by Gasteiger charge is 1.93. The Morgan fingerprint density at radius 2 is 1.87 bits per heavy atom. The fourth-order valence-electron chi connectivity index (χ4n) is 1.38. The number of benzene rings is 1. The molecule has 0 radical (unpaired) electrons. The maximum atomic E-state index is 11.3. The average Bonchev–Trinajstić information content (AvgIpc) is 2.27. The summed E-state index contributed by atoms with van der Waals surface area (Å²) in [5, 5.41) is 0. The first-order valence-electron chi connectivity index (χ1n) is 5.56. The van der Waals surface area contributed by atoms with E-state index in [9.17, 15) is 4.79 Å². The Labute approximate surface area is 91.8 Å². The number of hydrogen-bond acceptors (Lipinski definition) is 1. The van der Waals surface area contributed by atoms with E-state index >= 15 is 0 Å². The Balaban J connectivity index is 2.60. The Bertz CT molecular complexity index is 333. The highest BCUT2D eigenvalue weighted by molar-refractivity contribution is 5.93. The molecule has 1 aromatic carbocycles. The van der Waals surface area contributed by atoms with Crippen molar-refractivity contribution in [2.45, 2.75) is 33.1 Å². The van der Waals surface area contributed by atoms with E-state index in [0.29, 0.717) is 6.42 Å². The van der Waals surface area contributed by atoms with Gasteiger partial charge in [0, 0.05) is 6.42 Å². The van der Waals surface area contributed by atoms with E-state index in [-0.39, 0.29) is 5.78 Å². The van der Waals surface area contributed by atoms with Crippen molar-refractivity contribution in [3.63, 3.8) is 0 Å². The molecular weight excluding hydrogens is 184 g/mol. The molecule has 15 heavy (non-hydrogen) atoms. The molecule has 1 nitrogen and oxygen atoms in total. The first kappa shape index (κ1) is 11.7. The van der Waals surface area contributed by atoms with Crippen LogP contribution >= 0.6 is 0 Å². The van der Waals surface area contributed by atoms with Crippen molar-refractivity contribution in [1.29, 1.82) is 0 Å². The van der Waals surface area contributed by atoms with E-state index in [1.807, 2.05) is 13.0 Å². The lowest BCUT2D eigenvalue weighted by Crippen LogP contribution is -1.89. The van der Waals surface area contributed by atoms with E-state index in [0.717, 1.165) is 18.4 Å². The van der Waals surface area contributed by atoms with Crippen molar-refractivity contribution in [3.8, 4) is 0 Å². The molecular formula is C14H18O. The number of ketones is 1. The molecule has 0 atom stereocenters. The summed E-state index contributed by atoms with van der Waals surface area (Å²) in [6.45, 7) is 4.15. The highest BCUT2D eigenvalue weighted by atomic mass is 16.1. The summed E-state index contributed by atoms with van der Waals surface area (Å²) >= 11 is 0. The zero-order chi connectivity index (χ0) is 11.1. The summed E-state index contributed by atoms with van der Waals surface area (Å²) in [5.74, 6) is 0.206. The summed E-state index contributed by atoms with van der Waals surface area (Å²) in [7, 11) is 0. The van der Waals surface area contributed by atoms with E-state index < -0.39 is 0 Å². The van der Waals surface area contributed by atoms with Crippen LogP contribution in [0.5, 0.6) is 0 Å². The Hall–Kier alpha value is -1.37. The van der Waals surface area contributed by atoms with E-state index in [1.54, 1.807) is 6.08 Å². The Morgan fingerprint density at radius 1 is 1.20 bits per heavy atom. The van der Waals surface area contributed by atoms with Gasteiger partial charge in [-0.1, -0.05) is 44.2 Å². The monoisotopic (exact) mass is 202 g/mol. The van der Waals surface area contributed by atoms with Gasteiger partial charge in [0.25, 0.3) is 0 Å². The van der Waals surface area contributed by atoms with Crippen LogP contribution in [0.3, 0.4) is 0 Å². The largest absolute Gasteiger partial charge is 0.295 e. The minimum Gasteiger partial charge on any atom is -0.295 e. The van der Waals surface area contributed by atoms with Gasteiger partial charge in [-0.05, 0) is 30.0 Å². The molecule has 0 saturated carbocycles. The maximum absolute atomic E-state index is 11.3. The Kier molecular flexibility index (Phi) is 4.82. The van der Waals surface area contributed by atoms with Crippen LogP contribution in [0.4, 0.5) is 0 Å². The third-order valence-corrected chi connectivity index (χ3v) is 2.35. The van der Waals surface area contributed by atoms with Gasteiger partial charge in [-0.3, -0.25) is 4.79 Å². The molecule has 0 aromatic heterocycles. The second-order valence-corrected chi connectivity index (χ2v) is 3.64. The van der Waals surface area contributed by atoms with Crippen LogP contribution in [-0.4, -0.2) is 5.78 Å². The zero-order valence-corrected chi connectivity index (χ0v) is 9.49. The number of hydrogen-bond donors (Lipinski definition) is 0. The van der Waals surface area contributed by atoms with Crippen LogP contribution < -0.4 is 0 Å². The van der Waals surface area contributed by atoms with Crippen molar-refractivity contribution in [3.05, 3.63) is 41.5 Å². The van der Waals surface area contributed by atoms with Gasteiger partial charge in [-0.2, -0.15) is 0 Å². The molecule has 0 unspecified atom stereocenters. The highest BCUT2D eigenvalue weighted by Crippen LogP contribution is 2.07. The number of rotatable bonds is 5. The van der Waals surface area contributed by atoms with Gasteiger partial charge in [0.2, 0.25) is 0 Å². The van der Waals surface area contributed by atoms with Gasteiger partial charge >= 0.3 is 0 Å². The molecule has 0 spiro atoms. The molecule has 0 N–H and O–H groups in total. The minimum absolute atomic E-state index is 0.206. The molecule has 0 aliphatic carbocycles. The molecule has 0 fully saturated rings. The third kappa shape index (κ3) is 4.11. The fraction of sp³-hybridized carbons (Fsp3) is 0.357. The van der Waals surface area contributed by atoms with Crippen molar-refractivity contribution < 1.29 is 4.79 Å². The molecule has 0 aliphatic heterocycles. The first-order valence-corrected chi connectivity index (χ1v) is 5.56. The normalized spacial score (nSPS) is 10.8. The van der Waals surface area contributed by atoms with Crippen LogP contribution in [0, 0.1) is 0 Å². The number of aryl methyl sites for hydroxylation is 1. The first-order chi connectivity index (χ1) is 7.26. The molecule has 0 aliphatic rings. The molecule has 1 heteroatoms. The van der Waals surface area contributed by atoms with E-state index in [2.05, 4.69) is 31.2 Å². The van der Waals surface area contributed by atoms with Crippen LogP contribution in [0.25, 0.3) is 6.08 Å². The predicted molar refractivity (Wildman–Crippen MR) is 64.8 cm³/mol. The van der Waals surface area contributed by atoms with Crippen LogP contribution in [0.1, 0.15) is 37.8 Å². The molecule has 0 saturated heterocycles. The standard InChI is InChI=1S/C14H18O/c1-3-5-14(15)11-10-13-8-6-12(4-2)7-9-13/h6-11H,3-5H2,1-2H3/b11-10+. The SMILES string of the molecule is CCCC(=O)/C=C/c1ccc(CC)cc1. The van der Waals surface area contributed by atoms with Gasteiger partial charge in [-0.25, -0.2) is 0 Å². The predicted octanol–water partition coefficient (Wildman–Crippen LogP) is 3.63. The molecule has 0 amide bonds. The smallest absolute Gasteiger partial charge is 0.155 e. The topological polar surface area (TPSA) is 17.1 Å². The van der Waals surface area contributed by atoms with Crippen LogP contribution in [0.15, 0.2) is 30.3 Å². The number of carbonyl (C=O) groups is 1. The molecule has 1 aromatic rings. The summed E-state index contributed by atoms with van der Waals surface area (Å²) < 4.78 is 0. The van der Waals surface area contributed by atoms with Crippen molar-refractivity contribution in [1.82, 2.24) is 0 Å². The quantitative estimate of drug-likeness (QED) is 0.666. The van der Waals surface area contributed by atoms with E-state index in [4.69, 9.17) is 0 Å². The van der Waals surface area contributed by atoms with Crippen LogP contribution in [0.2, 0.25) is 0 Å². The third-order valence-electron chi connectivity index (χ3n) is 2.35. The Morgan fingerprint density at radius 3 is 2.40 bits per heavy atom. The van der Waals surface area contributed by atoms with Crippen molar-refractivity contribution in [2.24, 2.45) is 0 Å². The lowest BCUT2D eigenvalue weighted by Gasteiger charge is -1.97. The van der Waals surface area contributed by atoms with Gasteiger partial charge in [0.1, 0.15) is 0 Å². The maximum Gasteiger partial charge on any atom is 0.155 e. The summed E-state index contributed by atoms with van der Waals surface area (Å²) in [5.41, 5.74) is 2.42. The minimum atomic E-state index is 0.206.